The second-order valence-corrected chi connectivity index (χ2v) is 7.39. The van der Waals surface area contributed by atoms with Crippen molar-refractivity contribution < 1.29 is 9.53 Å². The predicted molar refractivity (Wildman–Crippen MR) is 123 cm³/mol. The number of hydrogen-bond acceptors (Lipinski definition) is 6. The predicted octanol–water partition coefficient (Wildman–Crippen LogP) is 4.64. The van der Waals surface area contributed by atoms with E-state index in [2.05, 4.69) is 36.1 Å². The highest BCUT2D eigenvalue weighted by molar-refractivity contribution is 5.99. The van der Waals surface area contributed by atoms with Gasteiger partial charge in [0.25, 0.3) is 0 Å². The molecule has 0 aliphatic carbocycles. The molecule has 3 heterocycles. The van der Waals surface area contributed by atoms with Gasteiger partial charge in [-0.2, -0.15) is 10.1 Å². The molecule has 2 amide bonds. The molecule has 4 N–H and O–H groups in total. The molecule has 0 bridgehead atoms. The number of urea groups is 1. The van der Waals surface area contributed by atoms with Crippen LogP contribution in [0.15, 0.2) is 48.7 Å². The van der Waals surface area contributed by atoms with Crippen LogP contribution in [0.3, 0.4) is 0 Å². The van der Waals surface area contributed by atoms with Crippen LogP contribution in [0.1, 0.15) is 17.0 Å². The number of carbonyl (C=O) groups excluding carboxylic acids is 1. The lowest BCUT2D eigenvalue weighted by Gasteiger charge is -2.12. The molecule has 0 saturated heterocycles. The van der Waals surface area contributed by atoms with Crippen LogP contribution in [0.4, 0.5) is 27.9 Å². The lowest BCUT2D eigenvalue weighted by Crippen LogP contribution is -2.20. The number of anilines is 4. The van der Waals surface area contributed by atoms with Crippen molar-refractivity contribution in [1.29, 1.82) is 0 Å². The maximum atomic E-state index is 12.2. The summed E-state index contributed by atoms with van der Waals surface area (Å²) in [5.41, 5.74) is 3.09. The molecule has 164 valence electrons. The molecule has 10 heteroatoms. The third-order valence-electron chi connectivity index (χ3n) is 4.62. The summed E-state index contributed by atoms with van der Waals surface area (Å²) in [6.07, 6.45) is 1.86. The number of ether oxygens (including phenoxy) is 1. The van der Waals surface area contributed by atoms with E-state index in [9.17, 15) is 4.79 Å². The number of benzene rings is 1. The first kappa shape index (κ1) is 20.9. The summed E-state index contributed by atoms with van der Waals surface area (Å²) < 4.78 is 7.73. The number of amides is 2. The zero-order valence-corrected chi connectivity index (χ0v) is 18.2. The first-order chi connectivity index (χ1) is 15.4. The molecular weight excluding hydrogens is 408 g/mol. The van der Waals surface area contributed by atoms with Crippen molar-refractivity contribution >= 4 is 29.2 Å². The minimum atomic E-state index is -0.327. The van der Waals surface area contributed by atoms with E-state index in [0.29, 0.717) is 23.1 Å². The first-order valence-electron chi connectivity index (χ1n) is 9.98. The molecule has 3 aromatic heterocycles. The summed E-state index contributed by atoms with van der Waals surface area (Å²) in [6.45, 7) is 5.65. The maximum Gasteiger partial charge on any atom is 0.324 e. The van der Waals surface area contributed by atoms with E-state index >= 15 is 0 Å². The van der Waals surface area contributed by atoms with Crippen molar-refractivity contribution in [3.63, 3.8) is 0 Å². The summed E-state index contributed by atoms with van der Waals surface area (Å²) in [5, 5.41) is 15.7. The topological polar surface area (TPSA) is 122 Å². The number of H-pyrrole nitrogens is 1. The van der Waals surface area contributed by atoms with Gasteiger partial charge in [-0.15, -0.1) is 0 Å². The van der Waals surface area contributed by atoms with Gasteiger partial charge in [-0.1, -0.05) is 0 Å². The summed E-state index contributed by atoms with van der Waals surface area (Å²) in [4.78, 5) is 21.0. The Hall–Kier alpha value is -4.34. The van der Waals surface area contributed by atoms with Crippen LogP contribution >= 0.6 is 0 Å². The highest BCUT2D eigenvalue weighted by Crippen LogP contribution is 2.27. The molecule has 0 spiro atoms. The van der Waals surface area contributed by atoms with Gasteiger partial charge in [-0.25, -0.2) is 9.78 Å². The largest absolute Gasteiger partial charge is 0.424 e. The second kappa shape index (κ2) is 8.80. The molecule has 1 aromatic carbocycles. The number of carbonyl (C=O) groups is 1. The van der Waals surface area contributed by atoms with Crippen LogP contribution in [0.2, 0.25) is 0 Å². The van der Waals surface area contributed by atoms with Crippen LogP contribution in [0.25, 0.3) is 0 Å². The summed E-state index contributed by atoms with van der Waals surface area (Å²) in [7, 11) is 1.86. The second-order valence-electron chi connectivity index (χ2n) is 7.39. The van der Waals surface area contributed by atoms with E-state index in [1.165, 1.54) is 0 Å². The number of nitrogens with one attached hydrogen (secondary N) is 4. The van der Waals surface area contributed by atoms with Crippen LogP contribution in [-0.4, -0.2) is 30.8 Å². The van der Waals surface area contributed by atoms with Crippen molar-refractivity contribution in [3.8, 4) is 11.8 Å². The molecule has 4 aromatic rings. The maximum absolute atomic E-state index is 12.2. The molecule has 0 radical (unpaired) electrons. The third kappa shape index (κ3) is 5.04. The Morgan fingerprint density at radius 1 is 1.03 bits per heavy atom. The van der Waals surface area contributed by atoms with E-state index in [4.69, 9.17) is 4.74 Å². The van der Waals surface area contributed by atoms with Crippen molar-refractivity contribution in [3.05, 3.63) is 65.6 Å². The zero-order chi connectivity index (χ0) is 22.7. The monoisotopic (exact) mass is 432 g/mol. The minimum Gasteiger partial charge on any atom is -0.424 e. The van der Waals surface area contributed by atoms with Crippen LogP contribution < -0.4 is 20.7 Å². The van der Waals surface area contributed by atoms with Crippen molar-refractivity contribution in [2.45, 2.75) is 20.8 Å². The molecule has 32 heavy (non-hydrogen) atoms. The van der Waals surface area contributed by atoms with E-state index < -0.39 is 0 Å². The van der Waals surface area contributed by atoms with Gasteiger partial charge in [0.05, 0.1) is 5.69 Å². The van der Waals surface area contributed by atoms with E-state index in [1.807, 2.05) is 68.9 Å². The lowest BCUT2D eigenvalue weighted by molar-refractivity contribution is 0.262. The number of rotatable bonds is 6. The Balaban J connectivity index is 1.44. The van der Waals surface area contributed by atoms with Gasteiger partial charge in [0.1, 0.15) is 23.2 Å². The molecule has 0 aliphatic rings. The molecule has 0 unspecified atom stereocenters. The fourth-order valence-corrected chi connectivity index (χ4v) is 3.08. The van der Waals surface area contributed by atoms with Crippen molar-refractivity contribution in [2.24, 2.45) is 7.05 Å². The van der Waals surface area contributed by atoms with Gasteiger partial charge in [0, 0.05) is 36.8 Å². The van der Waals surface area contributed by atoms with E-state index in [0.717, 1.165) is 22.8 Å². The Morgan fingerprint density at radius 2 is 1.88 bits per heavy atom. The van der Waals surface area contributed by atoms with Crippen LogP contribution in [0.5, 0.6) is 11.8 Å². The van der Waals surface area contributed by atoms with Gasteiger partial charge >= 0.3 is 12.0 Å². The standard InChI is InChI=1S/C22H24N8O2/c1-13-10-16(24-21(31)27-20-6-5-9-30(20)4)7-8-17(13)32-22-23-14(2)11-18(26-22)25-19-12-15(3)28-29-19/h5-12H,1-4H3,(H2,24,27,31)(H2,23,25,26,28,29). The number of aromatic amines is 1. The van der Waals surface area contributed by atoms with E-state index in [1.54, 1.807) is 12.1 Å². The summed E-state index contributed by atoms with van der Waals surface area (Å²) >= 11 is 0. The molecule has 4 rings (SSSR count). The normalized spacial score (nSPS) is 10.6. The highest BCUT2D eigenvalue weighted by atomic mass is 16.5. The average molecular weight is 432 g/mol. The molecule has 0 fully saturated rings. The highest BCUT2D eigenvalue weighted by Gasteiger charge is 2.10. The number of aromatic nitrogens is 5. The number of aryl methyl sites for hydroxylation is 4. The summed E-state index contributed by atoms with van der Waals surface area (Å²) in [5.74, 6) is 2.61. The number of nitrogens with zero attached hydrogens (tertiary/aromatic N) is 4. The fraction of sp³-hybridized carbons (Fsp3) is 0.182. The Kier molecular flexibility index (Phi) is 5.75. The van der Waals surface area contributed by atoms with Gasteiger partial charge in [0.2, 0.25) is 0 Å². The van der Waals surface area contributed by atoms with Gasteiger partial charge in [-0.05, 0) is 56.7 Å². The molecule has 0 atom stereocenters. The molecule has 0 aliphatic heterocycles. The van der Waals surface area contributed by atoms with Crippen molar-refractivity contribution in [1.82, 2.24) is 24.7 Å². The number of hydrogen-bond donors (Lipinski definition) is 4. The third-order valence-corrected chi connectivity index (χ3v) is 4.62. The SMILES string of the molecule is Cc1cc(Nc2cc(C)nc(Oc3ccc(NC(=O)Nc4cccn4C)cc3C)n2)[nH]n1. The van der Waals surface area contributed by atoms with Crippen LogP contribution in [-0.2, 0) is 7.05 Å². The Morgan fingerprint density at radius 3 is 2.56 bits per heavy atom. The Labute approximate surface area is 185 Å². The van der Waals surface area contributed by atoms with Gasteiger partial charge < -0.3 is 19.9 Å². The Bertz CT molecular complexity index is 1260. The molecular formula is C22H24N8O2. The quantitative estimate of drug-likeness (QED) is 0.352. The van der Waals surface area contributed by atoms with E-state index in [-0.39, 0.29) is 12.0 Å². The van der Waals surface area contributed by atoms with Gasteiger partial charge in [-0.3, -0.25) is 10.4 Å². The lowest BCUT2D eigenvalue weighted by atomic mass is 10.2. The molecule has 10 nitrogen and oxygen atoms in total. The smallest absolute Gasteiger partial charge is 0.324 e. The fourth-order valence-electron chi connectivity index (χ4n) is 3.08. The van der Waals surface area contributed by atoms with Crippen LogP contribution in [0, 0.1) is 20.8 Å². The zero-order valence-electron chi connectivity index (χ0n) is 18.2. The first-order valence-corrected chi connectivity index (χ1v) is 9.98. The molecule has 0 saturated carbocycles. The van der Waals surface area contributed by atoms with Gasteiger partial charge in [0.15, 0.2) is 0 Å². The minimum absolute atomic E-state index is 0.217. The summed E-state index contributed by atoms with van der Waals surface area (Å²) in [6, 6.07) is 12.6. The average Bonchev–Trinajstić information content (AvgIpc) is 3.31. The van der Waals surface area contributed by atoms with Crippen molar-refractivity contribution in [2.75, 3.05) is 16.0 Å².